The summed E-state index contributed by atoms with van der Waals surface area (Å²) in [5.74, 6) is -0.637. The maximum atomic E-state index is 11.6. The van der Waals surface area contributed by atoms with Crippen molar-refractivity contribution < 1.29 is 13.2 Å². The second kappa shape index (κ2) is 5.29. The molecule has 0 saturated heterocycles. The van der Waals surface area contributed by atoms with Crippen molar-refractivity contribution in [3.05, 3.63) is 29.3 Å². The van der Waals surface area contributed by atoms with Crippen molar-refractivity contribution in [2.75, 3.05) is 6.54 Å². The molecule has 16 heavy (non-hydrogen) atoms. The number of sulfonamides is 1. The van der Waals surface area contributed by atoms with Crippen LogP contribution < -0.4 is 10.5 Å². The van der Waals surface area contributed by atoms with Crippen LogP contribution in [0.15, 0.2) is 29.2 Å². The van der Waals surface area contributed by atoms with Gasteiger partial charge < -0.3 is 5.73 Å². The summed E-state index contributed by atoms with van der Waals surface area (Å²) < 4.78 is 25.2. The zero-order valence-electron chi connectivity index (χ0n) is 8.31. The SMILES string of the molecule is NCCC(=O)NS(=O)(=O)c1cccc(Cl)c1. The number of nitrogens with two attached hydrogens (primary N) is 1. The van der Waals surface area contributed by atoms with E-state index in [2.05, 4.69) is 0 Å². The van der Waals surface area contributed by atoms with Crippen LogP contribution in [0.4, 0.5) is 0 Å². The van der Waals surface area contributed by atoms with E-state index >= 15 is 0 Å². The van der Waals surface area contributed by atoms with Gasteiger partial charge in [-0.2, -0.15) is 0 Å². The van der Waals surface area contributed by atoms with E-state index in [1.165, 1.54) is 18.2 Å². The summed E-state index contributed by atoms with van der Waals surface area (Å²) in [7, 11) is -3.84. The van der Waals surface area contributed by atoms with E-state index in [9.17, 15) is 13.2 Å². The molecule has 5 nitrogen and oxygen atoms in total. The normalized spacial score (nSPS) is 11.1. The van der Waals surface area contributed by atoms with Crippen molar-refractivity contribution in [3.8, 4) is 0 Å². The number of hydrogen-bond donors (Lipinski definition) is 2. The molecule has 1 aromatic rings. The largest absolute Gasteiger partial charge is 0.330 e. The average Bonchev–Trinajstić information content (AvgIpc) is 2.17. The third-order valence-corrected chi connectivity index (χ3v) is 3.33. The van der Waals surface area contributed by atoms with Gasteiger partial charge in [0.1, 0.15) is 0 Å². The van der Waals surface area contributed by atoms with Crippen LogP contribution in [0.5, 0.6) is 0 Å². The van der Waals surface area contributed by atoms with Crippen molar-refractivity contribution in [2.24, 2.45) is 5.73 Å². The highest BCUT2D eigenvalue weighted by Crippen LogP contribution is 2.15. The molecule has 0 bridgehead atoms. The second-order valence-corrected chi connectivity index (χ2v) is 5.14. The lowest BCUT2D eigenvalue weighted by molar-refractivity contribution is -0.119. The minimum atomic E-state index is -3.84. The lowest BCUT2D eigenvalue weighted by Gasteiger charge is -2.06. The number of halogens is 1. The minimum absolute atomic E-state index is 0.0419. The van der Waals surface area contributed by atoms with Gasteiger partial charge in [-0.05, 0) is 18.2 Å². The van der Waals surface area contributed by atoms with E-state index in [1.807, 2.05) is 4.72 Å². The topological polar surface area (TPSA) is 89.3 Å². The molecular weight excluding hydrogens is 252 g/mol. The van der Waals surface area contributed by atoms with Crippen molar-refractivity contribution >= 4 is 27.5 Å². The summed E-state index contributed by atoms with van der Waals surface area (Å²) in [4.78, 5) is 11.1. The summed E-state index contributed by atoms with van der Waals surface area (Å²) in [5, 5.41) is 0.286. The molecule has 1 rings (SSSR count). The molecular formula is C9H11ClN2O3S. The summed E-state index contributed by atoms with van der Waals surface area (Å²) >= 11 is 5.65. The molecule has 1 aromatic carbocycles. The molecule has 3 N–H and O–H groups in total. The molecule has 0 aliphatic heterocycles. The van der Waals surface area contributed by atoms with Gasteiger partial charge in [-0.25, -0.2) is 13.1 Å². The van der Waals surface area contributed by atoms with E-state index in [4.69, 9.17) is 17.3 Å². The summed E-state index contributed by atoms with van der Waals surface area (Å²) in [5.41, 5.74) is 5.13. The predicted molar refractivity (Wildman–Crippen MR) is 60.5 cm³/mol. The van der Waals surface area contributed by atoms with E-state index in [0.29, 0.717) is 0 Å². The summed E-state index contributed by atoms with van der Waals surface area (Å²) in [6.45, 7) is 0.0941. The Kier molecular flexibility index (Phi) is 4.28. The van der Waals surface area contributed by atoms with Gasteiger partial charge in [0.15, 0.2) is 0 Å². The van der Waals surface area contributed by atoms with Crippen molar-refractivity contribution in [1.82, 2.24) is 4.72 Å². The van der Waals surface area contributed by atoms with E-state index < -0.39 is 15.9 Å². The highest BCUT2D eigenvalue weighted by Gasteiger charge is 2.16. The van der Waals surface area contributed by atoms with Gasteiger partial charge in [-0.1, -0.05) is 17.7 Å². The molecule has 0 atom stereocenters. The fourth-order valence-electron chi connectivity index (χ4n) is 1.03. The fraction of sp³-hybridized carbons (Fsp3) is 0.222. The third kappa shape index (κ3) is 3.48. The molecule has 0 unspecified atom stereocenters. The molecule has 1 amide bonds. The molecule has 88 valence electrons. The number of nitrogens with one attached hydrogen (secondary N) is 1. The first-order valence-corrected chi connectivity index (χ1v) is 6.33. The molecule has 0 aliphatic rings. The van der Waals surface area contributed by atoms with Crippen molar-refractivity contribution in [2.45, 2.75) is 11.3 Å². The Labute approximate surface area is 98.6 Å². The average molecular weight is 263 g/mol. The monoisotopic (exact) mass is 262 g/mol. The van der Waals surface area contributed by atoms with Crippen molar-refractivity contribution in [1.29, 1.82) is 0 Å². The number of carbonyl (C=O) groups excluding carboxylic acids is 1. The molecule has 0 radical (unpaired) electrons. The maximum absolute atomic E-state index is 11.6. The van der Waals surface area contributed by atoms with Crippen LogP contribution >= 0.6 is 11.6 Å². The number of carbonyl (C=O) groups is 1. The van der Waals surface area contributed by atoms with E-state index in [1.54, 1.807) is 6.07 Å². The molecule has 0 heterocycles. The Morgan fingerprint density at radius 1 is 1.44 bits per heavy atom. The Morgan fingerprint density at radius 3 is 2.69 bits per heavy atom. The van der Waals surface area contributed by atoms with Crippen LogP contribution in [0, 0.1) is 0 Å². The highest BCUT2D eigenvalue weighted by molar-refractivity contribution is 7.90. The third-order valence-electron chi connectivity index (χ3n) is 1.73. The molecule has 0 aromatic heterocycles. The Morgan fingerprint density at radius 2 is 2.12 bits per heavy atom. The standard InChI is InChI=1S/C9H11ClN2O3S/c10-7-2-1-3-8(6-7)16(14,15)12-9(13)4-5-11/h1-3,6H,4-5,11H2,(H,12,13). The van der Waals surface area contributed by atoms with Crippen LogP contribution in [-0.2, 0) is 14.8 Å². The zero-order chi connectivity index (χ0) is 12.2. The van der Waals surface area contributed by atoms with Crippen molar-refractivity contribution in [3.63, 3.8) is 0 Å². The first-order valence-electron chi connectivity index (χ1n) is 4.47. The van der Waals surface area contributed by atoms with Gasteiger partial charge in [-0.15, -0.1) is 0 Å². The van der Waals surface area contributed by atoms with E-state index in [-0.39, 0.29) is 22.9 Å². The highest BCUT2D eigenvalue weighted by atomic mass is 35.5. The number of benzene rings is 1. The number of rotatable bonds is 4. The zero-order valence-corrected chi connectivity index (χ0v) is 9.88. The quantitative estimate of drug-likeness (QED) is 0.827. The molecule has 0 saturated carbocycles. The lowest BCUT2D eigenvalue weighted by atomic mass is 10.4. The Balaban J connectivity index is 2.90. The van der Waals surface area contributed by atoms with Crippen LogP contribution in [0.25, 0.3) is 0 Å². The van der Waals surface area contributed by atoms with Gasteiger partial charge in [0.05, 0.1) is 4.90 Å². The number of amides is 1. The van der Waals surface area contributed by atoms with Gasteiger partial charge in [-0.3, -0.25) is 4.79 Å². The minimum Gasteiger partial charge on any atom is -0.330 e. The van der Waals surface area contributed by atoms with Gasteiger partial charge in [0.25, 0.3) is 10.0 Å². The van der Waals surface area contributed by atoms with Gasteiger partial charge >= 0.3 is 0 Å². The second-order valence-electron chi connectivity index (χ2n) is 3.02. The van der Waals surface area contributed by atoms with Crippen LogP contribution in [0.1, 0.15) is 6.42 Å². The Bertz CT molecular complexity index is 487. The summed E-state index contributed by atoms with van der Waals surface area (Å²) in [6, 6.07) is 5.65. The van der Waals surface area contributed by atoms with Gasteiger partial charge in [0.2, 0.25) is 5.91 Å². The van der Waals surface area contributed by atoms with E-state index in [0.717, 1.165) is 0 Å². The van der Waals surface area contributed by atoms with Crippen LogP contribution in [0.2, 0.25) is 5.02 Å². The summed E-state index contributed by atoms with van der Waals surface area (Å²) in [6.07, 6.45) is -0.0419. The Hall–Kier alpha value is -1.11. The number of hydrogen-bond acceptors (Lipinski definition) is 4. The van der Waals surface area contributed by atoms with Crippen LogP contribution in [-0.4, -0.2) is 20.9 Å². The fourth-order valence-corrected chi connectivity index (χ4v) is 2.34. The first-order chi connectivity index (χ1) is 7.45. The lowest BCUT2D eigenvalue weighted by Crippen LogP contribution is -2.31. The molecule has 0 aliphatic carbocycles. The van der Waals surface area contributed by atoms with Crippen LogP contribution in [0.3, 0.4) is 0 Å². The molecule has 7 heteroatoms. The van der Waals surface area contributed by atoms with Gasteiger partial charge in [0, 0.05) is 18.0 Å². The smallest absolute Gasteiger partial charge is 0.264 e. The molecule has 0 fully saturated rings. The first kappa shape index (κ1) is 13.0. The maximum Gasteiger partial charge on any atom is 0.264 e. The molecule has 0 spiro atoms. The predicted octanol–water partition coefficient (Wildman–Crippen LogP) is 0.494.